The third-order valence-electron chi connectivity index (χ3n) is 6.61. The predicted molar refractivity (Wildman–Crippen MR) is 113 cm³/mol. The van der Waals surface area contributed by atoms with E-state index in [1.165, 1.54) is 19.3 Å². The Labute approximate surface area is 173 Å². The van der Waals surface area contributed by atoms with Crippen LogP contribution < -0.4 is 15.8 Å². The molecule has 0 radical (unpaired) electrons. The van der Waals surface area contributed by atoms with Crippen molar-refractivity contribution in [2.24, 2.45) is 23.5 Å². The topological polar surface area (TPSA) is 77.2 Å². The molecule has 5 nitrogen and oxygen atoms in total. The third-order valence-corrected chi connectivity index (χ3v) is 6.61. The molecule has 2 fully saturated rings. The summed E-state index contributed by atoms with van der Waals surface area (Å²) < 4.78 is 5.88. The van der Waals surface area contributed by atoms with Gasteiger partial charge in [0.1, 0.15) is 12.4 Å². The summed E-state index contributed by atoms with van der Waals surface area (Å²) in [5.74, 6) is 2.07. The second-order valence-corrected chi connectivity index (χ2v) is 8.61. The third kappa shape index (κ3) is 4.78. The predicted octanol–water partition coefficient (Wildman–Crippen LogP) is 3.99. The summed E-state index contributed by atoms with van der Waals surface area (Å²) in [4.78, 5) is 17.2. The summed E-state index contributed by atoms with van der Waals surface area (Å²) in [5, 5.41) is 3.22. The molecule has 0 saturated heterocycles. The quantitative estimate of drug-likeness (QED) is 0.778. The van der Waals surface area contributed by atoms with Gasteiger partial charge >= 0.3 is 0 Å². The Balaban J connectivity index is 1.34. The van der Waals surface area contributed by atoms with Crippen LogP contribution in [0.15, 0.2) is 48.7 Å². The molecular formula is C24H31N3O2. The molecule has 3 N–H and O–H groups in total. The first-order valence-corrected chi connectivity index (χ1v) is 10.8. The lowest BCUT2D eigenvalue weighted by molar-refractivity contribution is -0.128. The molecule has 4 rings (SSSR count). The van der Waals surface area contributed by atoms with Crippen LogP contribution in [0.2, 0.25) is 0 Å². The van der Waals surface area contributed by atoms with Crippen molar-refractivity contribution in [1.82, 2.24) is 10.3 Å². The number of hydrogen-bond acceptors (Lipinski definition) is 4. The number of aromatic nitrogens is 1. The van der Waals surface area contributed by atoms with E-state index in [1.54, 1.807) is 6.20 Å². The van der Waals surface area contributed by atoms with Crippen LogP contribution in [0.4, 0.5) is 0 Å². The fourth-order valence-electron chi connectivity index (χ4n) is 4.93. The Morgan fingerprint density at radius 1 is 1.21 bits per heavy atom. The number of benzene rings is 1. The summed E-state index contributed by atoms with van der Waals surface area (Å²) in [7, 11) is 0. The van der Waals surface area contributed by atoms with E-state index in [2.05, 4.69) is 10.3 Å². The molecule has 0 aliphatic heterocycles. The number of nitrogens with zero attached hydrogens (tertiary/aromatic N) is 1. The van der Waals surface area contributed by atoms with Gasteiger partial charge in [-0.15, -0.1) is 0 Å². The number of nitrogens with one attached hydrogen (secondary N) is 1. The Bertz CT molecular complexity index is 812. The van der Waals surface area contributed by atoms with E-state index in [9.17, 15) is 4.79 Å². The SMILES string of the molecule is CC(NC(=O)C1CC2CCCC(C1)C2N)c1cccc(OCc2ccccn2)c1. The van der Waals surface area contributed by atoms with Gasteiger partial charge in [-0.3, -0.25) is 9.78 Å². The highest BCUT2D eigenvalue weighted by molar-refractivity contribution is 5.79. The highest BCUT2D eigenvalue weighted by Crippen LogP contribution is 2.42. The zero-order valence-electron chi connectivity index (χ0n) is 17.1. The maximum Gasteiger partial charge on any atom is 0.223 e. The summed E-state index contributed by atoms with van der Waals surface area (Å²) in [6.45, 7) is 2.46. The summed E-state index contributed by atoms with van der Waals surface area (Å²) in [6, 6.07) is 13.9. The molecule has 1 heterocycles. The summed E-state index contributed by atoms with van der Waals surface area (Å²) >= 11 is 0. The van der Waals surface area contributed by atoms with Gasteiger partial charge in [-0.2, -0.15) is 0 Å². The first-order chi connectivity index (χ1) is 14.1. The minimum atomic E-state index is -0.0589. The van der Waals surface area contributed by atoms with Crippen LogP contribution in [0.5, 0.6) is 5.75 Å². The fourth-order valence-corrected chi connectivity index (χ4v) is 4.93. The van der Waals surface area contributed by atoms with Crippen molar-refractivity contribution < 1.29 is 9.53 Å². The number of ether oxygens (including phenoxy) is 1. The molecule has 1 aromatic carbocycles. The van der Waals surface area contributed by atoms with Crippen molar-refractivity contribution in [2.45, 2.75) is 57.7 Å². The van der Waals surface area contributed by atoms with E-state index in [1.807, 2.05) is 49.4 Å². The zero-order valence-corrected chi connectivity index (χ0v) is 17.1. The molecule has 1 amide bonds. The molecule has 3 atom stereocenters. The van der Waals surface area contributed by atoms with E-state index in [0.717, 1.165) is 29.8 Å². The fraction of sp³-hybridized carbons (Fsp3) is 0.500. The van der Waals surface area contributed by atoms with Crippen LogP contribution in [0, 0.1) is 17.8 Å². The maximum atomic E-state index is 12.9. The lowest BCUT2D eigenvalue weighted by atomic mass is 9.65. The Morgan fingerprint density at radius 2 is 2.00 bits per heavy atom. The first-order valence-electron chi connectivity index (χ1n) is 10.8. The largest absolute Gasteiger partial charge is 0.487 e. The molecule has 2 saturated carbocycles. The van der Waals surface area contributed by atoms with E-state index >= 15 is 0 Å². The average Bonchev–Trinajstić information content (AvgIpc) is 2.73. The number of carbonyl (C=O) groups excluding carboxylic acids is 1. The number of fused-ring (bicyclic) bond motifs is 2. The van der Waals surface area contributed by atoms with Crippen LogP contribution in [-0.4, -0.2) is 16.9 Å². The summed E-state index contributed by atoms with van der Waals surface area (Å²) in [6.07, 6.45) is 7.24. The van der Waals surface area contributed by atoms with Crippen LogP contribution in [0.3, 0.4) is 0 Å². The van der Waals surface area contributed by atoms with Gasteiger partial charge in [-0.05, 0) is 74.3 Å². The van der Waals surface area contributed by atoms with Gasteiger partial charge in [0.15, 0.2) is 0 Å². The molecule has 154 valence electrons. The number of rotatable bonds is 6. The summed E-state index contributed by atoms with van der Waals surface area (Å²) in [5.41, 5.74) is 8.31. The van der Waals surface area contributed by atoms with Gasteiger partial charge in [-0.1, -0.05) is 24.6 Å². The minimum Gasteiger partial charge on any atom is -0.487 e. The normalized spacial score (nSPS) is 27.1. The average molecular weight is 394 g/mol. The van der Waals surface area contributed by atoms with E-state index in [-0.39, 0.29) is 23.9 Å². The van der Waals surface area contributed by atoms with Gasteiger partial charge in [0.05, 0.1) is 11.7 Å². The van der Waals surface area contributed by atoms with Gasteiger partial charge in [0.2, 0.25) is 5.91 Å². The second-order valence-electron chi connectivity index (χ2n) is 8.61. The Morgan fingerprint density at radius 3 is 2.72 bits per heavy atom. The van der Waals surface area contributed by atoms with E-state index in [4.69, 9.17) is 10.5 Å². The lowest BCUT2D eigenvalue weighted by Crippen LogP contribution is -2.49. The van der Waals surface area contributed by atoms with Gasteiger partial charge < -0.3 is 15.8 Å². The second kappa shape index (κ2) is 8.95. The molecule has 3 unspecified atom stereocenters. The molecule has 29 heavy (non-hydrogen) atoms. The highest BCUT2D eigenvalue weighted by atomic mass is 16.5. The van der Waals surface area contributed by atoms with Crippen LogP contribution in [-0.2, 0) is 11.4 Å². The van der Waals surface area contributed by atoms with Crippen molar-refractivity contribution >= 4 is 5.91 Å². The van der Waals surface area contributed by atoms with Crippen molar-refractivity contribution in [3.05, 3.63) is 59.9 Å². The molecule has 0 spiro atoms. The highest BCUT2D eigenvalue weighted by Gasteiger charge is 2.40. The Hall–Kier alpha value is -2.40. The van der Waals surface area contributed by atoms with Crippen molar-refractivity contribution in [3.8, 4) is 5.75 Å². The molecule has 2 bridgehead atoms. The van der Waals surface area contributed by atoms with Crippen molar-refractivity contribution in [1.29, 1.82) is 0 Å². The van der Waals surface area contributed by atoms with Crippen molar-refractivity contribution in [2.75, 3.05) is 0 Å². The number of nitrogens with two attached hydrogens (primary N) is 1. The molecular weight excluding hydrogens is 362 g/mol. The number of hydrogen-bond donors (Lipinski definition) is 2. The van der Waals surface area contributed by atoms with Crippen LogP contribution in [0.1, 0.15) is 56.3 Å². The molecule has 2 aliphatic carbocycles. The van der Waals surface area contributed by atoms with Gasteiger partial charge in [0, 0.05) is 18.2 Å². The number of carbonyl (C=O) groups is 1. The maximum absolute atomic E-state index is 12.9. The number of pyridine rings is 1. The first kappa shape index (κ1) is 19.9. The van der Waals surface area contributed by atoms with Crippen molar-refractivity contribution in [3.63, 3.8) is 0 Å². The molecule has 1 aromatic heterocycles. The van der Waals surface area contributed by atoms with Gasteiger partial charge in [0.25, 0.3) is 0 Å². The standard InChI is InChI=1S/C24H31N3O2/c1-16(27-24(28)20-12-18-7-4-8-19(13-20)23(18)25)17-6-5-10-22(14-17)29-15-21-9-2-3-11-26-21/h2-3,5-6,9-11,14,16,18-20,23H,4,7-8,12-13,15,25H2,1H3,(H,27,28). The zero-order chi connectivity index (χ0) is 20.2. The lowest BCUT2D eigenvalue weighted by Gasteiger charge is -2.43. The molecule has 2 aliphatic rings. The smallest absolute Gasteiger partial charge is 0.223 e. The molecule has 2 aromatic rings. The van der Waals surface area contributed by atoms with Crippen LogP contribution in [0.25, 0.3) is 0 Å². The Kier molecular flexibility index (Phi) is 6.14. The van der Waals surface area contributed by atoms with E-state index < -0.39 is 0 Å². The monoisotopic (exact) mass is 393 g/mol. The van der Waals surface area contributed by atoms with Gasteiger partial charge in [-0.25, -0.2) is 0 Å². The van der Waals surface area contributed by atoms with Crippen LogP contribution >= 0.6 is 0 Å². The van der Waals surface area contributed by atoms with E-state index in [0.29, 0.717) is 18.4 Å². The molecule has 5 heteroatoms. The minimum absolute atomic E-state index is 0.0589. The number of amides is 1.